The molecular formula is C10H4BrF6N. The summed E-state index contributed by atoms with van der Waals surface area (Å²) < 4.78 is 75.7. The highest BCUT2D eigenvalue weighted by Gasteiger charge is 2.40. The minimum Gasteiger partial charge on any atom is -0.192 e. The zero-order valence-corrected chi connectivity index (χ0v) is 10.0. The van der Waals surface area contributed by atoms with Gasteiger partial charge in [-0.25, -0.2) is 0 Å². The number of hydrogen-bond acceptors (Lipinski definition) is 1. The lowest BCUT2D eigenvalue weighted by atomic mass is 9.98. The molecule has 0 aliphatic heterocycles. The zero-order chi connectivity index (χ0) is 14.1. The third-order valence-electron chi connectivity index (χ3n) is 2.12. The van der Waals surface area contributed by atoms with Crippen molar-refractivity contribution in [2.45, 2.75) is 17.7 Å². The second kappa shape index (κ2) is 4.80. The van der Waals surface area contributed by atoms with E-state index < -0.39 is 39.9 Å². The Labute approximate surface area is 106 Å². The molecule has 98 valence electrons. The Morgan fingerprint density at radius 2 is 1.39 bits per heavy atom. The van der Waals surface area contributed by atoms with Crippen LogP contribution in [0.5, 0.6) is 0 Å². The van der Waals surface area contributed by atoms with Crippen LogP contribution < -0.4 is 0 Å². The van der Waals surface area contributed by atoms with Crippen LogP contribution in [0.3, 0.4) is 0 Å². The third-order valence-corrected chi connectivity index (χ3v) is 2.68. The maximum Gasteiger partial charge on any atom is 0.416 e. The molecule has 1 rings (SSSR count). The number of nitrogens with zero attached hydrogens (tertiary/aromatic N) is 1. The van der Waals surface area contributed by atoms with E-state index in [0.29, 0.717) is 12.1 Å². The molecule has 1 aromatic carbocycles. The Morgan fingerprint density at radius 3 is 1.61 bits per heavy atom. The Hall–Kier alpha value is -1.23. The first kappa shape index (κ1) is 14.8. The first-order valence-electron chi connectivity index (χ1n) is 4.38. The molecule has 0 unspecified atom stereocenters. The number of alkyl halides is 7. The monoisotopic (exact) mass is 331 g/mol. The molecule has 0 aliphatic rings. The summed E-state index contributed by atoms with van der Waals surface area (Å²) in [5, 5.41) is 7.88. The van der Waals surface area contributed by atoms with Gasteiger partial charge >= 0.3 is 12.4 Å². The van der Waals surface area contributed by atoms with Crippen molar-refractivity contribution in [1.82, 2.24) is 0 Å². The summed E-state index contributed by atoms with van der Waals surface area (Å²) in [7, 11) is 0. The van der Waals surface area contributed by atoms with Crippen LogP contribution in [0.25, 0.3) is 0 Å². The Balaban J connectivity index is 3.68. The lowest BCUT2D eigenvalue weighted by Crippen LogP contribution is -2.16. The fraction of sp³-hybridized carbons (Fsp3) is 0.300. The van der Waals surface area contributed by atoms with E-state index in [1.54, 1.807) is 0 Å². The summed E-state index contributed by atoms with van der Waals surface area (Å²) in [6.07, 6.45) is -9.90. The quantitative estimate of drug-likeness (QED) is 0.549. The van der Waals surface area contributed by atoms with E-state index in [4.69, 9.17) is 5.26 Å². The van der Waals surface area contributed by atoms with Gasteiger partial charge in [-0.1, -0.05) is 15.9 Å². The minimum atomic E-state index is -4.95. The molecule has 0 atom stereocenters. The molecule has 0 radical (unpaired) electrons. The molecule has 0 fully saturated rings. The molecule has 0 amide bonds. The van der Waals surface area contributed by atoms with Gasteiger partial charge in [-0.05, 0) is 17.7 Å². The molecule has 1 nitrogen and oxygen atoms in total. The third kappa shape index (κ3) is 2.96. The van der Waals surface area contributed by atoms with E-state index in [9.17, 15) is 26.3 Å². The van der Waals surface area contributed by atoms with Gasteiger partial charge in [0.05, 0.1) is 22.8 Å². The molecule has 0 heterocycles. The molecule has 18 heavy (non-hydrogen) atoms. The molecule has 1 aromatic rings. The molecule has 0 spiro atoms. The van der Waals surface area contributed by atoms with Gasteiger partial charge in [-0.15, -0.1) is 0 Å². The van der Waals surface area contributed by atoms with Crippen LogP contribution in [-0.2, 0) is 17.7 Å². The maximum absolute atomic E-state index is 12.6. The van der Waals surface area contributed by atoms with Crippen LogP contribution in [0.1, 0.15) is 22.3 Å². The zero-order valence-electron chi connectivity index (χ0n) is 8.45. The number of rotatable bonds is 1. The summed E-state index contributed by atoms with van der Waals surface area (Å²) in [6.45, 7) is 0. The topological polar surface area (TPSA) is 23.8 Å². The highest BCUT2D eigenvalue weighted by atomic mass is 79.9. The van der Waals surface area contributed by atoms with Gasteiger partial charge in [0.1, 0.15) is 0 Å². The predicted molar refractivity (Wildman–Crippen MR) is 53.8 cm³/mol. The average molecular weight is 332 g/mol. The smallest absolute Gasteiger partial charge is 0.192 e. The van der Waals surface area contributed by atoms with Crippen molar-refractivity contribution in [3.63, 3.8) is 0 Å². The van der Waals surface area contributed by atoms with E-state index in [-0.39, 0.29) is 0 Å². The Morgan fingerprint density at radius 1 is 1.00 bits per heavy atom. The Kier molecular flexibility index (Phi) is 3.96. The lowest BCUT2D eigenvalue weighted by Gasteiger charge is -2.17. The second-order valence-electron chi connectivity index (χ2n) is 3.29. The van der Waals surface area contributed by atoms with Crippen LogP contribution in [-0.4, -0.2) is 0 Å². The van der Waals surface area contributed by atoms with Gasteiger partial charge in [0.15, 0.2) is 0 Å². The molecule has 8 heteroatoms. The molecule has 0 aromatic heterocycles. The number of halogens is 7. The molecule has 0 N–H and O–H groups in total. The highest BCUT2D eigenvalue weighted by molar-refractivity contribution is 9.08. The number of benzene rings is 1. The minimum absolute atomic E-state index is 0.409. The van der Waals surface area contributed by atoms with Crippen LogP contribution in [0.4, 0.5) is 26.3 Å². The van der Waals surface area contributed by atoms with Crippen LogP contribution in [0, 0.1) is 11.3 Å². The number of hydrogen-bond donors (Lipinski definition) is 0. The SMILES string of the molecule is N#Cc1cc(C(F)(F)F)c(CBr)c(C(F)(F)F)c1. The maximum atomic E-state index is 12.6. The molecule has 0 saturated heterocycles. The van der Waals surface area contributed by atoms with Crippen molar-refractivity contribution < 1.29 is 26.3 Å². The van der Waals surface area contributed by atoms with E-state index in [1.807, 2.05) is 0 Å². The fourth-order valence-electron chi connectivity index (χ4n) is 1.39. The first-order chi connectivity index (χ1) is 8.11. The van der Waals surface area contributed by atoms with Gasteiger partial charge in [-0.2, -0.15) is 31.6 Å². The normalized spacial score (nSPS) is 12.3. The van der Waals surface area contributed by atoms with E-state index >= 15 is 0 Å². The van der Waals surface area contributed by atoms with E-state index in [0.717, 1.165) is 0 Å². The summed E-state index contributed by atoms with van der Waals surface area (Å²) in [5.41, 5.74) is -4.51. The molecule has 0 aliphatic carbocycles. The van der Waals surface area contributed by atoms with Crippen molar-refractivity contribution in [2.24, 2.45) is 0 Å². The summed E-state index contributed by atoms with van der Waals surface area (Å²) in [5.74, 6) is 0. The largest absolute Gasteiger partial charge is 0.416 e. The standard InChI is InChI=1S/C10H4BrF6N/c11-3-6-7(9(12,13)14)1-5(4-18)2-8(6)10(15,16)17/h1-2H,3H2. The van der Waals surface area contributed by atoms with Gasteiger partial charge in [-0.3, -0.25) is 0 Å². The van der Waals surface area contributed by atoms with E-state index in [1.165, 1.54) is 6.07 Å². The summed E-state index contributed by atoms with van der Waals surface area (Å²) >= 11 is 2.61. The first-order valence-corrected chi connectivity index (χ1v) is 5.50. The lowest BCUT2D eigenvalue weighted by molar-refractivity contribution is -0.144. The van der Waals surface area contributed by atoms with Crippen LogP contribution in [0.15, 0.2) is 12.1 Å². The second-order valence-corrected chi connectivity index (χ2v) is 3.85. The van der Waals surface area contributed by atoms with Crippen molar-refractivity contribution in [3.8, 4) is 6.07 Å². The fourth-order valence-corrected chi connectivity index (χ4v) is 1.99. The van der Waals surface area contributed by atoms with Gasteiger partial charge in [0.2, 0.25) is 0 Å². The van der Waals surface area contributed by atoms with Crippen molar-refractivity contribution in [2.75, 3.05) is 0 Å². The number of nitriles is 1. The van der Waals surface area contributed by atoms with Crippen molar-refractivity contribution in [1.29, 1.82) is 5.26 Å². The van der Waals surface area contributed by atoms with Crippen LogP contribution >= 0.6 is 15.9 Å². The van der Waals surface area contributed by atoms with Gasteiger partial charge in [0.25, 0.3) is 0 Å². The van der Waals surface area contributed by atoms with E-state index in [2.05, 4.69) is 15.9 Å². The highest BCUT2D eigenvalue weighted by Crippen LogP contribution is 2.41. The Bertz CT molecular complexity index is 462. The molecular weight excluding hydrogens is 328 g/mol. The van der Waals surface area contributed by atoms with Gasteiger partial charge in [0, 0.05) is 5.33 Å². The predicted octanol–water partition coefficient (Wildman–Crippen LogP) is 4.49. The van der Waals surface area contributed by atoms with Crippen molar-refractivity contribution >= 4 is 15.9 Å². The van der Waals surface area contributed by atoms with Crippen molar-refractivity contribution in [3.05, 3.63) is 34.4 Å². The molecule has 0 saturated carbocycles. The summed E-state index contributed by atoms with van der Waals surface area (Å²) in [6, 6.07) is 2.11. The average Bonchev–Trinajstić information content (AvgIpc) is 2.24. The van der Waals surface area contributed by atoms with Gasteiger partial charge < -0.3 is 0 Å². The molecule has 0 bridgehead atoms. The summed E-state index contributed by atoms with van der Waals surface area (Å²) in [4.78, 5) is 0. The van der Waals surface area contributed by atoms with Crippen LogP contribution in [0.2, 0.25) is 0 Å².